The number of rotatable bonds is 1. The molecule has 3 fully saturated rings. The smallest absolute Gasteiger partial charge is 0.294 e. The van der Waals surface area contributed by atoms with Crippen molar-refractivity contribution in [3.8, 4) is 0 Å². The Labute approximate surface area is 132 Å². The van der Waals surface area contributed by atoms with Crippen LogP contribution in [-0.2, 0) is 10.1 Å². The molecule has 120 valence electrons. The van der Waals surface area contributed by atoms with Crippen LogP contribution >= 0.6 is 12.4 Å². The fourth-order valence-electron chi connectivity index (χ4n) is 2.64. The molecule has 0 spiro atoms. The zero-order valence-electron chi connectivity index (χ0n) is 12.0. The van der Waals surface area contributed by atoms with Gasteiger partial charge in [0.05, 0.1) is 11.0 Å². The predicted molar refractivity (Wildman–Crippen MR) is 83.4 cm³/mol. The molecule has 5 nitrogen and oxygen atoms in total. The fourth-order valence-corrected chi connectivity index (χ4v) is 3.12. The van der Waals surface area contributed by atoms with E-state index in [1.165, 1.54) is 38.1 Å². The van der Waals surface area contributed by atoms with Crippen molar-refractivity contribution in [1.29, 1.82) is 0 Å². The molecular weight excluding hydrogens is 314 g/mol. The first kappa shape index (κ1) is 18.4. The van der Waals surface area contributed by atoms with Gasteiger partial charge in [-0.25, -0.2) is 0 Å². The van der Waals surface area contributed by atoms with Crippen LogP contribution in [0.3, 0.4) is 0 Å². The Balaban J connectivity index is 0.000000203. The van der Waals surface area contributed by atoms with E-state index in [1.54, 1.807) is 12.1 Å². The molecular formula is C14H22ClNO4S. The molecule has 3 aliphatic rings. The van der Waals surface area contributed by atoms with Gasteiger partial charge in [0.1, 0.15) is 0 Å². The molecule has 3 saturated heterocycles. The predicted octanol–water partition coefficient (Wildman–Crippen LogP) is 1.74. The van der Waals surface area contributed by atoms with Crippen molar-refractivity contribution in [3.05, 3.63) is 29.8 Å². The fraction of sp³-hybridized carbons (Fsp3) is 0.571. The maximum Gasteiger partial charge on any atom is 0.294 e. The van der Waals surface area contributed by atoms with Crippen molar-refractivity contribution in [2.24, 2.45) is 5.92 Å². The number of fused-ring (bicyclic) bond motifs is 3. The van der Waals surface area contributed by atoms with E-state index in [0.29, 0.717) is 5.92 Å². The standard InChI is InChI=1S/C7H13NO.C7H8O3S.ClH/c9-7-5-8-3-1-6(7)2-4-8;1-6-2-4-7(5-3-6)11(8,9)10;/h6-7,9H,1-5H2;2-5H,1H3,(H,8,9,10);1H. The first-order valence-electron chi connectivity index (χ1n) is 6.81. The number of hydrogen-bond acceptors (Lipinski definition) is 4. The molecule has 1 aromatic rings. The first-order valence-corrected chi connectivity index (χ1v) is 8.25. The maximum absolute atomic E-state index is 10.5. The van der Waals surface area contributed by atoms with Gasteiger partial charge in [0, 0.05) is 6.54 Å². The van der Waals surface area contributed by atoms with E-state index in [9.17, 15) is 13.5 Å². The van der Waals surface area contributed by atoms with Crippen LogP contribution in [0.2, 0.25) is 0 Å². The summed E-state index contributed by atoms with van der Waals surface area (Å²) in [5.74, 6) is 0.634. The van der Waals surface area contributed by atoms with Crippen LogP contribution in [0.4, 0.5) is 0 Å². The number of piperidine rings is 3. The topological polar surface area (TPSA) is 77.8 Å². The third-order valence-corrected chi connectivity index (χ3v) is 4.81. The molecule has 3 heterocycles. The van der Waals surface area contributed by atoms with E-state index >= 15 is 0 Å². The molecule has 1 unspecified atom stereocenters. The highest BCUT2D eigenvalue weighted by Crippen LogP contribution is 2.26. The SMILES string of the molecule is Cc1ccc(S(=O)(=O)O)cc1.Cl.OC1CN2CCC1CC2. The van der Waals surface area contributed by atoms with Gasteiger partial charge < -0.3 is 10.0 Å². The molecule has 0 aromatic heterocycles. The summed E-state index contributed by atoms with van der Waals surface area (Å²) >= 11 is 0. The van der Waals surface area contributed by atoms with Gasteiger partial charge in [-0.3, -0.25) is 4.55 Å². The van der Waals surface area contributed by atoms with Crippen LogP contribution in [0.5, 0.6) is 0 Å². The molecule has 3 aliphatic heterocycles. The summed E-state index contributed by atoms with van der Waals surface area (Å²) in [6.07, 6.45) is 2.44. The number of benzene rings is 1. The van der Waals surface area contributed by atoms with Crippen molar-refractivity contribution in [2.75, 3.05) is 19.6 Å². The van der Waals surface area contributed by atoms with Gasteiger partial charge in [0.15, 0.2) is 0 Å². The number of aliphatic hydroxyl groups is 1. The zero-order valence-corrected chi connectivity index (χ0v) is 13.6. The van der Waals surface area contributed by atoms with Crippen LogP contribution in [0.1, 0.15) is 18.4 Å². The third kappa shape index (κ3) is 5.23. The molecule has 0 saturated carbocycles. The third-order valence-electron chi connectivity index (χ3n) is 3.94. The quantitative estimate of drug-likeness (QED) is 0.764. The lowest BCUT2D eigenvalue weighted by atomic mass is 9.86. The highest BCUT2D eigenvalue weighted by Gasteiger charge is 2.32. The van der Waals surface area contributed by atoms with Gasteiger partial charge >= 0.3 is 0 Å². The molecule has 21 heavy (non-hydrogen) atoms. The number of aliphatic hydroxyl groups excluding tert-OH is 1. The number of nitrogens with zero attached hydrogens (tertiary/aromatic N) is 1. The van der Waals surface area contributed by atoms with E-state index in [1.807, 2.05) is 6.92 Å². The van der Waals surface area contributed by atoms with Crippen molar-refractivity contribution < 1.29 is 18.1 Å². The summed E-state index contributed by atoms with van der Waals surface area (Å²) in [7, 11) is -4.02. The Hall–Kier alpha value is -0.660. The molecule has 7 heteroatoms. The molecule has 2 N–H and O–H groups in total. The summed E-state index contributed by atoms with van der Waals surface area (Å²) in [5.41, 5.74) is 0.956. The van der Waals surface area contributed by atoms with Crippen LogP contribution < -0.4 is 0 Å². The second kappa shape index (κ2) is 7.56. The van der Waals surface area contributed by atoms with Crippen molar-refractivity contribution in [3.63, 3.8) is 0 Å². The van der Waals surface area contributed by atoms with Gasteiger partial charge in [-0.1, -0.05) is 17.7 Å². The van der Waals surface area contributed by atoms with Crippen LogP contribution in [0, 0.1) is 12.8 Å². The van der Waals surface area contributed by atoms with Crippen LogP contribution in [0.25, 0.3) is 0 Å². The maximum atomic E-state index is 10.5. The van der Waals surface area contributed by atoms with E-state index < -0.39 is 10.1 Å². The Morgan fingerprint density at radius 1 is 1.14 bits per heavy atom. The van der Waals surface area contributed by atoms with E-state index in [4.69, 9.17) is 4.55 Å². The van der Waals surface area contributed by atoms with Gasteiger partial charge in [-0.2, -0.15) is 8.42 Å². The lowest BCUT2D eigenvalue weighted by Gasteiger charge is -2.42. The second-order valence-corrected chi connectivity index (χ2v) is 6.92. The minimum Gasteiger partial charge on any atom is -0.392 e. The summed E-state index contributed by atoms with van der Waals surface area (Å²) in [5, 5.41) is 9.36. The molecule has 0 amide bonds. The molecule has 1 atom stereocenters. The Morgan fingerprint density at radius 2 is 1.67 bits per heavy atom. The van der Waals surface area contributed by atoms with Crippen molar-refractivity contribution >= 4 is 22.5 Å². The Bertz CT molecular complexity index is 539. The molecule has 0 aliphatic carbocycles. The number of halogens is 1. The van der Waals surface area contributed by atoms with E-state index in [0.717, 1.165) is 12.1 Å². The van der Waals surface area contributed by atoms with E-state index in [-0.39, 0.29) is 23.4 Å². The summed E-state index contributed by atoms with van der Waals surface area (Å²) in [4.78, 5) is 2.29. The average molecular weight is 336 g/mol. The average Bonchev–Trinajstić information content (AvgIpc) is 2.40. The monoisotopic (exact) mass is 335 g/mol. The van der Waals surface area contributed by atoms with E-state index in [2.05, 4.69) is 4.90 Å². The minimum absolute atomic E-state index is 0. The van der Waals surface area contributed by atoms with Gasteiger partial charge in [-0.15, -0.1) is 12.4 Å². The van der Waals surface area contributed by atoms with Crippen LogP contribution in [-0.4, -0.2) is 48.7 Å². The van der Waals surface area contributed by atoms with Crippen LogP contribution in [0.15, 0.2) is 29.2 Å². The number of aryl methyl sites for hydroxylation is 1. The highest BCUT2D eigenvalue weighted by atomic mass is 35.5. The normalized spacial score (nSPS) is 27.3. The zero-order chi connectivity index (χ0) is 14.8. The van der Waals surface area contributed by atoms with Crippen molar-refractivity contribution in [2.45, 2.75) is 30.8 Å². The summed E-state index contributed by atoms with van der Waals surface area (Å²) in [6.45, 7) is 5.22. The highest BCUT2D eigenvalue weighted by molar-refractivity contribution is 7.85. The Morgan fingerprint density at radius 3 is 1.95 bits per heavy atom. The molecule has 0 radical (unpaired) electrons. The lowest BCUT2D eigenvalue weighted by Crippen LogP contribution is -2.50. The lowest BCUT2D eigenvalue weighted by molar-refractivity contribution is -0.0227. The summed E-state index contributed by atoms with van der Waals surface area (Å²) in [6, 6.07) is 5.99. The largest absolute Gasteiger partial charge is 0.392 e. The molecule has 2 bridgehead atoms. The van der Waals surface area contributed by atoms with Gasteiger partial charge in [-0.05, 0) is 50.9 Å². The van der Waals surface area contributed by atoms with Gasteiger partial charge in [0.25, 0.3) is 10.1 Å². The number of hydrogen-bond donors (Lipinski definition) is 2. The minimum atomic E-state index is -4.02. The molecule has 4 rings (SSSR count). The second-order valence-electron chi connectivity index (χ2n) is 5.49. The first-order chi connectivity index (χ1) is 9.36. The van der Waals surface area contributed by atoms with Crippen molar-refractivity contribution in [1.82, 2.24) is 4.90 Å². The summed E-state index contributed by atoms with van der Waals surface area (Å²) < 4.78 is 29.6. The van der Waals surface area contributed by atoms with Gasteiger partial charge in [0.2, 0.25) is 0 Å². The Kier molecular flexibility index (Phi) is 6.62. The molecule has 1 aromatic carbocycles.